The van der Waals surface area contributed by atoms with Gasteiger partial charge in [-0.2, -0.15) is 18.3 Å². The van der Waals surface area contributed by atoms with Crippen LogP contribution in [-0.2, 0) is 13.2 Å². The van der Waals surface area contributed by atoms with Gasteiger partial charge in [0.05, 0.1) is 5.56 Å². The molecule has 9 heteroatoms. The van der Waals surface area contributed by atoms with Gasteiger partial charge in [-0.15, -0.1) is 0 Å². The van der Waals surface area contributed by atoms with Crippen molar-refractivity contribution in [2.45, 2.75) is 24.9 Å². The Balaban J connectivity index is 1.76. The molecule has 1 N–H and O–H groups in total. The van der Waals surface area contributed by atoms with Crippen molar-refractivity contribution in [1.29, 1.82) is 0 Å². The Labute approximate surface area is 141 Å². The molecule has 2 aromatic heterocycles. The Bertz CT molecular complexity index is 840. The summed E-state index contributed by atoms with van der Waals surface area (Å²) in [5, 5.41) is 5.76. The van der Waals surface area contributed by atoms with Gasteiger partial charge in [0.1, 0.15) is 0 Å². The lowest BCUT2D eigenvalue weighted by molar-refractivity contribution is -0.141. The number of amides is 1. The van der Waals surface area contributed by atoms with Crippen LogP contribution in [-0.4, -0.2) is 38.7 Å². The van der Waals surface area contributed by atoms with E-state index >= 15 is 0 Å². The van der Waals surface area contributed by atoms with E-state index in [4.69, 9.17) is 0 Å². The first kappa shape index (κ1) is 17.2. The Morgan fingerprint density at radius 3 is 2.76 bits per heavy atom. The average molecular weight is 354 g/mol. The second kappa shape index (κ2) is 6.38. The largest absolute Gasteiger partial charge is 0.435 e. The van der Waals surface area contributed by atoms with Crippen molar-refractivity contribution >= 4 is 5.91 Å². The number of halogens is 3. The number of H-pyrrole nitrogens is 1. The molecule has 0 bridgehead atoms. The fourth-order valence-electron chi connectivity index (χ4n) is 3.01. The molecule has 134 valence electrons. The van der Waals surface area contributed by atoms with Crippen LogP contribution >= 0.6 is 0 Å². The Morgan fingerprint density at radius 1 is 1.36 bits per heavy atom. The van der Waals surface area contributed by atoms with Gasteiger partial charge in [-0.25, -0.2) is 0 Å². The number of likely N-dealkylation sites (tertiary alicyclic amines) is 1. The van der Waals surface area contributed by atoms with Gasteiger partial charge < -0.3 is 9.47 Å². The summed E-state index contributed by atoms with van der Waals surface area (Å²) >= 11 is 0. The highest BCUT2D eigenvalue weighted by Crippen LogP contribution is 2.32. The maximum absolute atomic E-state index is 12.7. The van der Waals surface area contributed by atoms with E-state index in [0.29, 0.717) is 37.2 Å². The SMILES string of the molecule is Cn1cc(C(=O)N2CCCC(c3cc(C(F)(F)F)n[nH]3)C2)ccc1=O. The van der Waals surface area contributed by atoms with Crippen LogP contribution in [0, 0.1) is 0 Å². The minimum Gasteiger partial charge on any atom is -0.338 e. The zero-order valence-corrected chi connectivity index (χ0v) is 13.5. The lowest BCUT2D eigenvalue weighted by Crippen LogP contribution is -2.39. The molecule has 3 heterocycles. The molecule has 1 aliphatic rings. The molecule has 1 amide bonds. The third-order valence-electron chi connectivity index (χ3n) is 4.37. The second-order valence-electron chi connectivity index (χ2n) is 6.16. The fraction of sp³-hybridized carbons (Fsp3) is 0.438. The maximum Gasteiger partial charge on any atom is 0.435 e. The van der Waals surface area contributed by atoms with Crippen molar-refractivity contribution in [2.24, 2.45) is 7.05 Å². The number of aryl methyl sites for hydroxylation is 1. The Hall–Kier alpha value is -2.58. The standard InChI is InChI=1S/C16H17F3N4O2/c1-22-8-11(4-5-14(22)24)15(25)23-6-2-3-10(9-23)12-7-13(21-20-12)16(17,18)19/h4-5,7-8,10H,2-3,6,9H2,1H3,(H,20,21). The van der Waals surface area contributed by atoms with Gasteiger partial charge in [0.25, 0.3) is 5.91 Å². The van der Waals surface area contributed by atoms with Crippen LogP contribution in [0.3, 0.4) is 0 Å². The van der Waals surface area contributed by atoms with E-state index < -0.39 is 11.9 Å². The highest BCUT2D eigenvalue weighted by Gasteiger charge is 2.35. The van der Waals surface area contributed by atoms with Gasteiger partial charge in [0.15, 0.2) is 5.69 Å². The average Bonchev–Trinajstić information content (AvgIpc) is 3.07. The Kier molecular flexibility index (Phi) is 4.40. The number of aromatic amines is 1. The molecule has 1 unspecified atom stereocenters. The van der Waals surface area contributed by atoms with Crippen LogP contribution in [0.1, 0.15) is 40.5 Å². The van der Waals surface area contributed by atoms with Crippen molar-refractivity contribution < 1.29 is 18.0 Å². The van der Waals surface area contributed by atoms with Crippen LogP contribution < -0.4 is 5.56 Å². The van der Waals surface area contributed by atoms with Gasteiger partial charge in [-0.05, 0) is 25.0 Å². The van der Waals surface area contributed by atoms with Crippen LogP contribution in [0.15, 0.2) is 29.2 Å². The quantitative estimate of drug-likeness (QED) is 0.898. The van der Waals surface area contributed by atoms with Gasteiger partial charge >= 0.3 is 6.18 Å². The van der Waals surface area contributed by atoms with Crippen LogP contribution in [0.4, 0.5) is 13.2 Å². The van der Waals surface area contributed by atoms with E-state index in [1.54, 1.807) is 11.9 Å². The minimum atomic E-state index is -4.49. The molecule has 0 radical (unpaired) electrons. The monoisotopic (exact) mass is 354 g/mol. The number of carbonyl (C=O) groups is 1. The highest BCUT2D eigenvalue weighted by atomic mass is 19.4. The molecule has 1 aliphatic heterocycles. The molecule has 0 aromatic carbocycles. The van der Waals surface area contributed by atoms with Gasteiger partial charge in [0, 0.05) is 44.0 Å². The van der Waals surface area contributed by atoms with E-state index in [2.05, 4.69) is 10.2 Å². The third-order valence-corrected chi connectivity index (χ3v) is 4.37. The normalized spacial score (nSPS) is 18.4. The van der Waals surface area contributed by atoms with Crippen LogP contribution in [0.25, 0.3) is 0 Å². The first-order valence-corrected chi connectivity index (χ1v) is 7.84. The molecule has 0 aliphatic carbocycles. The van der Waals surface area contributed by atoms with E-state index in [-0.39, 0.29) is 17.4 Å². The highest BCUT2D eigenvalue weighted by molar-refractivity contribution is 5.94. The van der Waals surface area contributed by atoms with Gasteiger partial charge in [-0.3, -0.25) is 14.7 Å². The number of hydrogen-bond donors (Lipinski definition) is 1. The number of piperidine rings is 1. The number of aromatic nitrogens is 3. The summed E-state index contributed by atoms with van der Waals surface area (Å²) in [6.45, 7) is 0.833. The summed E-state index contributed by atoms with van der Waals surface area (Å²) in [5.74, 6) is -0.468. The molecule has 1 saturated heterocycles. The topological polar surface area (TPSA) is 71.0 Å². The Morgan fingerprint density at radius 2 is 2.12 bits per heavy atom. The first-order valence-electron chi connectivity index (χ1n) is 7.84. The first-order chi connectivity index (χ1) is 11.8. The fourth-order valence-corrected chi connectivity index (χ4v) is 3.01. The summed E-state index contributed by atoms with van der Waals surface area (Å²) in [7, 11) is 1.56. The zero-order valence-electron chi connectivity index (χ0n) is 13.5. The molecule has 1 atom stereocenters. The zero-order chi connectivity index (χ0) is 18.2. The molecular formula is C16H17F3N4O2. The van der Waals surface area contributed by atoms with Crippen molar-refractivity contribution in [2.75, 3.05) is 13.1 Å². The van der Waals surface area contributed by atoms with E-state index in [1.165, 1.54) is 22.9 Å². The van der Waals surface area contributed by atoms with Crippen molar-refractivity contribution in [3.8, 4) is 0 Å². The summed E-state index contributed by atoms with van der Waals surface area (Å²) in [5.41, 5.74) is -0.414. The smallest absolute Gasteiger partial charge is 0.338 e. The molecule has 0 spiro atoms. The van der Waals surface area contributed by atoms with Crippen LogP contribution in [0.2, 0.25) is 0 Å². The van der Waals surface area contributed by atoms with E-state index in [9.17, 15) is 22.8 Å². The summed E-state index contributed by atoms with van der Waals surface area (Å²) in [4.78, 5) is 25.6. The predicted octanol–water partition coefficient (Wildman–Crippen LogP) is 2.15. The number of alkyl halides is 3. The number of hydrogen-bond acceptors (Lipinski definition) is 3. The molecule has 2 aromatic rings. The minimum absolute atomic E-state index is 0.217. The lowest BCUT2D eigenvalue weighted by atomic mass is 9.94. The summed E-state index contributed by atoms with van der Waals surface area (Å²) in [6.07, 6.45) is -1.67. The third kappa shape index (κ3) is 3.59. The molecule has 3 rings (SSSR count). The summed E-state index contributed by atoms with van der Waals surface area (Å²) < 4.78 is 39.4. The van der Waals surface area contributed by atoms with E-state index in [1.807, 2.05) is 0 Å². The molecular weight excluding hydrogens is 337 g/mol. The molecule has 25 heavy (non-hydrogen) atoms. The predicted molar refractivity (Wildman–Crippen MR) is 83.2 cm³/mol. The number of nitrogens with one attached hydrogen (secondary N) is 1. The molecule has 6 nitrogen and oxygen atoms in total. The second-order valence-corrected chi connectivity index (χ2v) is 6.16. The number of pyridine rings is 1. The van der Waals surface area contributed by atoms with Crippen molar-refractivity contribution in [1.82, 2.24) is 19.7 Å². The lowest BCUT2D eigenvalue weighted by Gasteiger charge is -2.32. The van der Waals surface area contributed by atoms with Crippen LogP contribution in [0.5, 0.6) is 0 Å². The number of rotatable bonds is 2. The number of nitrogens with zero attached hydrogens (tertiary/aromatic N) is 3. The maximum atomic E-state index is 12.7. The van der Waals surface area contributed by atoms with Gasteiger partial charge in [0.2, 0.25) is 5.56 Å². The van der Waals surface area contributed by atoms with Crippen molar-refractivity contribution in [3.63, 3.8) is 0 Å². The van der Waals surface area contributed by atoms with Crippen molar-refractivity contribution in [3.05, 3.63) is 51.7 Å². The number of carbonyl (C=O) groups excluding carboxylic acids is 1. The molecule has 0 saturated carbocycles. The molecule has 1 fully saturated rings. The van der Waals surface area contributed by atoms with E-state index in [0.717, 1.165) is 6.07 Å². The van der Waals surface area contributed by atoms with Gasteiger partial charge in [-0.1, -0.05) is 0 Å². The summed E-state index contributed by atoms with van der Waals surface area (Å²) in [6, 6.07) is 3.79.